The molecule has 0 amide bonds. The lowest BCUT2D eigenvalue weighted by atomic mass is 10.1. The number of ether oxygens (including phenoxy) is 1. The molecular weight excluding hydrogens is 160 g/mol. The summed E-state index contributed by atoms with van der Waals surface area (Å²) in [6.45, 7) is 3.19. The molecule has 1 aliphatic heterocycles. The van der Waals surface area contributed by atoms with Gasteiger partial charge in [-0.2, -0.15) is 0 Å². The third kappa shape index (κ3) is 4.97. The fourth-order valence-corrected chi connectivity index (χ4v) is 1.74. The molecule has 0 aromatic carbocycles. The number of unbranched alkanes of at least 4 members (excludes halogenated alkanes) is 5. The van der Waals surface area contributed by atoms with Gasteiger partial charge in [0.25, 0.3) is 0 Å². The van der Waals surface area contributed by atoms with Crippen molar-refractivity contribution in [2.24, 2.45) is 0 Å². The van der Waals surface area contributed by atoms with Gasteiger partial charge in [-0.15, -0.1) is 0 Å². The molecule has 0 aliphatic carbocycles. The van der Waals surface area contributed by atoms with E-state index in [2.05, 4.69) is 6.92 Å². The summed E-state index contributed by atoms with van der Waals surface area (Å²) >= 11 is 0. The number of rotatable bonds is 7. The van der Waals surface area contributed by atoms with Crippen molar-refractivity contribution in [2.45, 2.75) is 58.3 Å². The Hall–Kier alpha value is -0.460. The first-order valence-corrected chi connectivity index (χ1v) is 5.73. The number of hydrogen-bond acceptors (Lipinski definition) is 1. The van der Waals surface area contributed by atoms with Crippen LogP contribution in [0, 0.1) is 0 Å². The molecule has 1 heteroatoms. The van der Waals surface area contributed by atoms with Crippen molar-refractivity contribution in [3.63, 3.8) is 0 Å². The lowest BCUT2D eigenvalue weighted by Gasteiger charge is -2.00. The Morgan fingerprint density at radius 3 is 2.62 bits per heavy atom. The minimum atomic E-state index is 0.922. The summed E-state index contributed by atoms with van der Waals surface area (Å²) in [6, 6.07) is 0. The van der Waals surface area contributed by atoms with Gasteiger partial charge >= 0.3 is 0 Å². The topological polar surface area (TPSA) is 9.23 Å². The Morgan fingerprint density at radius 2 is 1.92 bits per heavy atom. The van der Waals surface area contributed by atoms with Crippen molar-refractivity contribution in [2.75, 3.05) is 6.61 Å². The Bertz CT molecular complexity index is 149. The lowest BCUT2D eigenvalue weighted by Crippen LogP contribution is -1.83. The first-order chi connectivity index (χ1) is 6.43. The van der Waals surface area contributed by atoms with Crippen molar-refractivity contribution in [1.29, 1.82) is 0 Å². The Morgan fingerprint density at radius 1 is 1.15 bits per heavy atom. The number of hydrogen-bond donors (Lipinski definition) is 0. The maximum atomic E-state index is 5.19. The van der Waals surface area contributed by atoms with E-state index in [0.29, 0.717) is 0 Å². The van der Waals surface area contributed by atoms with Crippen LogP contribution in [0.5, 0.6) is 0 Å². The van der Waals surface area contributed by atoms with Gasteiger partial charge in [-0.1, -0.05) is 39.0 Å². The van der Waals surface area contributed by atoms with E-state index in [1.54, 1.807) is 0 Å². The van der Waals surface area contributed by atoms with Gasteiger partial charge in [-0.25, -0.2) is 0 Å². The molecule has 0 N–H and O–H groups in total. The summed E-state index contributed by atoms with van der Waals surface area (Å²) in [5.41, 5.74) is 1.52. The summed E-state index contributed by atoms with van der Waals surface area (Å²) in [5, 5.41) is 0. The van der Waals surface area contributed by atoms with E-state index in [-0.39, 0.29) is 0 Å². The van der Waals surface area contributed by atoms with E-state index >= 15 is 0 Å². The lowest BCUT2D eigenvalue weighted by molar-refractivity contribution is 0.281. The molecule has 0 bridgehead atoms. The molecule has 0 saturated heterocycles. The second-order valence-corrected chi connectivity index (χ2v) is 3.91. The van der Waals surface area contributed by atoms with Crippen LogP contribution in [-0.2, 0) is 4.74 Å². The predicted molar refractivity (Wildman–Crippen MR) is 56.6 cm³/mol. The summed E-state index contributed by atoms with van der Waals surface area (Å²) in [7, 11) is 0. The summed E-state index contributed by atoms with van der Waals surface area (Å²) in [4.78, 5) is 0. The average Bonchev–Trinajstić information content (AvgIpc) is 2.63. The molecule has 1 aliphatic rings. The minimum Gasteiger partial charge on any atom is -0.501 e. The zero-order chi connectivity index (χ0) is 9.36. The average molecular weight is 182 g/mol. The third-order valence-electron chi connectivity index (χ3n) is 2.64. The monoisotopic (exact) mass is 182 g/mol. The molecule has 0 unspecified atom stereocenters. The highest BCUT2D eigenvalue weighted by atomic mass is 16.5. The van der Waals surface area contributed by atoms with Crippen LogP contribution in [0.1, 0.15) is 58.3 Å². The Kier molecular flexibility index (Phi) is 5.71. The molecule has 0 spiro atoms. The molecule has 0 saturated carbocycles. The zero-order valence-electron chi connectivity index (χ0n) is 8.85. The molecule has 13 heavy (non-hydrogen) atoms. The highest BCUT2D eigenvalue weighted by molar-refractivity contribution is 5.01. The van der Waals surface area contributed by atoms with Crippen LogP contribution in [0.3, 0.4) is 0 Å². The van der Waals surface area contributed by atoms with Crippen LogP contribution < -0.4 is 0 Å². The maximum absolute atomic E-state index is 5.19. The normalized spacial score (nSPS) is 15.6. The molecule has 0 fully saturated rings. The van der Waals surface area contributed by atoms with Gasteiger partial charge in [0.15, 0.2) is 0 Å². The molecule has 0 aromatic rings. The summed E-state index contributed by atoms with van der Waals surface area (Å²) in [6.07, 6.45) is 12.8. The molecule has 1 nitrogen and oxygen atoms in total. The first kappa shape index (κ1) is 10.6. The van der Waals surface area contributed by atoms with E-state index in [4.69, 9.17) is 4.74 Å². The van der Waals surface area contributed by atoms with E-state index in [9.17, 15) is 0 Å². The van der Waals surface area contributed by atoms with Crippen LogP contribution in [0.25, 0.3) is 0 Å². The summed E-state index contributed by atoms with van der Waals surface area (Å²) < 4.78 is 5.19. The Balaban J connectivity index is 1.83. The third-order valence-corrected chi connectivity index (χ3v) is 2.64. The van der Waals surface area contributed by atoms with Gasteiger partial charge in [0, 0.05) is 6.42 Å². The molecule has 0 aromatic heterocycles. The van der Waals surface area contributed by atoms with Crippen molar-refractivity contribution < 1.29 is 4.74 Å². The molecule has 1 rings (SSSR count). The highest BCUT2D eigenvalue weighted by Gasteiger charge is 2.04. The first-order valence-electron chi connectivity index (χ1n) is 5.73. The zero-order valence-corrected chi connectivity index (χ0v) is 8.85. The fraction of sp³-hybridized carbons (Fsp3) is 0.833. The van der Waals surface area contributed by atoms with Gasteiger partial charge < -0.3 is 4.74 Å². The molecule has 1 heterocycles. The molecular formula is C12H22O. The van der Waals surface area contributed by atoms with E-state index in [0.717, 1.165) is 6.61 Å². The molecule has 0 radical (unpaired) electrons. The van der Waals surface area contributed by atoms with Crippen molar-refractivity contribution in [1.82, 2.24) is 0 Å². The van der Waals surface area contributed by atoms with Gasteiger partial charge in [0.1, 0.15) is 0 Å². The second kappa shape index (κ2) is 6.99. The van der Waals surface area contributed by atoms with Crippen LogP contribution >= 0.6 is 0 Å². The standard InChI is InChI=1S/C12H22O/c1-2-3-4-5-6-7-8-12-9-10-13-11-12/h11H,2-10H2,1H3. The smallest absolute Gasteiger partial charge is 0.0911 e. The van der Waals surface area contributed by atoms with Crippen molar-refractivity contribution in [3.05, 3.63) is 11.8 Å². The van der Waals surface area contributed by atoms with Crippen LogP contribution in [0.4, 0.5) is 0 Å². The van der Waals surface area contributed by atoms with E-state index in [1.165, 1.54) is 56.9 Å². The molecule has 0 atom stereocenters. The van der Waals surface area contributed by atoms with E-state index < -0.39 is 0 Å². The summed E-state index contributed by atoms with van der Waals surface area (Å²) in [5.74, 6) is 0. The fourth-order valence-electron chi connectivity index (χ4n) is 1.74. The van der Waals surface area contributed by atoms with Gasteiger partial charge in [-0.05, 0) is 18.4 Å². The predicted octanol–water partition coefficient (Wildman–Crippen LogP) is 4.04. The van der Waals surface area contributed by atoms with Crippen molar-refractivity contribution >= 4 is 0 Å². The quantitative estimate of drug-likeness (QED) is 0.540. The van der Waals surface area contributed by atoms with Gasteiger partial charge in [-0.3, -0.25) is 0 Å². The largest absolute Gasteiger partial charge is 0.501 e. The van der Waals surface area contributed by atoms with E-state index in [1.807, 2.05) is 6.26 Å². The highest BCUT2D eigenvalue weighted by Crippen LogP contribution is 2.18. The van der Waals surface area contributed by atoms with Gasteiger partial charge in [0.05, 0.1) is 12.9 Å². The second-order valence-electron chi connectivity index (χ2n) is 3.91. The Labute approximate surface area is 82.2 Å². The van der Waals surface area contributed by atoms with Crippen LogP contribution in [-0.4, -0.2) is 6.61 Å². The SMILES string of the molecule is CCCCCCCCC1=COCC1. The molecule has 76 valence electrons. The maximum Gasteiger partial charge on any atom is 0.0911 e. The minimum absolute atomic E-state index is 0.922. The van der Waals surface area contributed by atoms with Crippen LogP contribution in [0.2, 0.25) is 0 Å². The van der Waals surface area contributed by atoms with Crippen LogP contribution in [0.15, 0.2) is 11.8 Å². The van der Waals surface area contributed by atoms with Crippen molar-refractivity contribution in [3.8, 4) is 0 Å². The van der Waals surface area contributed by atoms with Gasteiger partial charge in [0.2, 0.25) is 0 Å².